The fourth-order valence-electron chi connectivity index (χ4n) is 7.03. The minimum absolute atomic E-state index is 0.00325. The summed E-state index contributed by atoms with van der Waals surface area (Å²) in [6.07, 6.45) is 7.86. The third kappa shape index (κ3) is 1.88. The Kier molecular flexibility index (Phi) is 2.64. The van der Waals surface area contributed by atoms with Crippen molar-refractivity contribution in [2.24, 2.45) is 22.7 Å². The van der Waals surface area contributed by atoms with Crippen molar-refractivity contribution in [3.05, 3.63) is 35.4 Å². The van der Waals surface area contributed by atoms with Crippen LogP contribution in [0.15, 0.2) is 24.3 Å². The molecule has 0 amide bonds. The second-order valence-corrected chi connectivity index (χ2v) is 9.37. The third-order valence-corrected chi connectivity index (χ3v) is 7.59. The van der Waals surface area contributed by atoms with Crippen molar-refractivity contribution < 1.29 is 9.53 Å². The molecule has 1 aromatic carbocycles. The summed E-state index contributed by atoms with van der Waals surface area (Å²) in [7, 11) is 0. The smallest absolute Gasteiger partial charge is 0.188 e. The summed E-state index contributed by atoms with van der Waals surface area (Å²) in [6.45, 7) is 4.77. The van der Waals surface area contributed by atoms with Crippen LogP contribution in [0, 0.1) is 29.6 Å². The summed E-state index contributed by atoms with van der Waals surface area (Å²) in [5, 5.41) is 0. The lowest BCUT2D eigenvalue weighted by atomic mass is 9.55. The van der Waals surface area contributed by atoms with Gasteiger partial charge in [-0.1, -0.05) is 36.8 Å². The molecule has 5 unspecified atom stereocenters. The van der Waals surface area contributed by atoms with Gasteiger partial charge in [-0.15, -0.1) is 0 Å². The van der Waals surface area contributed by atoms with Crippen LogP contribution in [0.5, 0.6) is 0 Å². The van der Waals surface area contributed by atoms with Gasteiger partial charge in [-0.05, 0) is 68.1 Å². The maximum atomic E-state index is 12.5. The SMILES string of the molecule is Cc1ccc(C(=O)COC23CC4CC5CC(C)(C2)CC54C3)cc1. The predicted octanol–water partition coefficient (Wildman–Crippen LogP) is 4.55. The molecule has 4 fully saturated rings. The normalized spacial score (nSPS) is 45.8. The summed E-state index contributed by atoms with van der Waals surface area (Å²) in [6, 6.07) is 7.87. The number of Topliss-reactive ketones (excluding diaryl/α,β-unsaturated/α-hetero) is 1. The van der Waals surface area contributed by atoms with Gasteiger partial charge in [0.25, 0.3) is 0 Å². The molecule has 2 nitrogen and oxygen atoms in total. The van der Waals surface area contributed by atoms with Gasteiger partial charge in [-0.25, -0.2) is 0 Å². The molecule has 4 aliphatic rings. The largest absolute Gasteiger partial charge is 0.367 e. The number of hydrogen-bond donors (Lipinski definition) is 0. The van der Waals surface area contributed by atoms with Crippen molar-refractivity contribution in [2.75, 3.05) is 6.61 Å². The fourth-order valence-corrected chi connectivity index (χ4v) is 7.03. The number of rotatable bonds is 4. The fraction of sp³-hybridized carbons (Fsp3) is 0.667. The van der Waals surface area contributed by atoms with Crippen molar-refractivity contribution in [1.82, 2.24) is 0 Å². The average Bonchev–Trinajstić information content (AvgIpc) is 2.79. The Balaban J connectivity index is 1.33. The molecule has 1 aromatic rings. The average molecular weight is 310 g/mol. The van der Waals surface area contributed by atoms with E-state index in [1.54, 1.807) is 0 Å². The lowest BCUT2D eigenvalue weighted by molar-refractivity contribution is -0.0834. The molecule has 4 saturated carbocycles. The van der Waals surface area contributed by atoms with Gasteiger partial charge in [0.1, 0.15) is 6.61 Å². The van der Waals surface area contributed by atoms with Crippen LogP contribution in [0.25, 0.3) is 0 Å². The Morgan fingerprint density at radius 2 is 1.87 bits per heavy atom. The number of hydrogen-bond acceptors (Lipinski definition) is 2. The van der Waals surface area contributed by atoms with Gasteiger partial charge >= 0.3 is 0 Å². The van der Waals surface area contributed by atoms with Gasteiger partial charge < -0.3 is 4.74 Å². The second kappa shape index (κ2) is 4.27. The maximum absolute atomic E-state index is 12.5. The molecular weight excluding hydrogens is 284 g/mol. The van der Waals surface area contributed by atoms with E-state index >= 15 is 0 Å². The molecule has 5 rings (SSSR count). The standard InChI is InChI=1S/C21H26O2/c1-14-3-5-15(6-4-14)18(22)10-23-20-9-17-7-16-8-19(2,11-20)12-21(16,17)13-20/h3-6,16-17H,7-13H2,1-2H3. The molecule has 0 aliphatic heterocycles. The van der Waals surface area contributed by atoms with Gasteiger partial charge in [-0.2, -0.15) is 0 Å². The number of aryl methyl sites for hydroxylation is 1. The van der Waals surface area contributed by atoms with Gasteiger partial charge in [0, 0.05) is 5.56 Å². The number of ether oxygens (including phenoxy) is 1. The van der Waals surface area contributed by atoms with Crippen LogP contribution >= 0.6 is 0 Å². The Morgan fingerprint density at radius 1 is 1.13 bits per heavy atom. The Morgan fingerprint density at radius 3 is 2.65 bits per heavy atom. The van der Waals surface area contributed by atoms with E-state index in [-0.39, 0.29) is 18.0 Å². The van der Waals surface area contributed by atoms with Gasteiger partial charge in [0.2, 0.25) is 0 Å². The van der Waals surface area contributed by atoms with E-state index < -0.39 is 0 Å². The summed E-state index contributed by atoms with van der Waals surface area (Å²) in [5.74, 6) is 1.97. The minimum Gasteiger partial charge on any atom is -0.367 e. The van der Waals surface area contributed by atoms with Crippen molar-refractivity contribution >= 4 is 5.78 Å². The molecule has 0 radical (unpaired) electrons. The first-order valence-electron chi connectivity index (χ1n) is 9.16. The van der Waals surface area contributed by atoms with Gasteiger partial charge in [0.15, 0.2) is 5.78 Å². The summed E-state index contributed by atoms with van der Waals surface area (Å²) in [4.78, 5) is 12.5. The lowest BCUT2D eigenvalue weighted by Gasteiger charge is -2.49. The van der Waals surface area contributed by atoms with Crippen LogP contribution in [0.1, 0.15) is 61.4 Å². The number of carbonyl (C=O) groups excluding carboxylic acids is 1. The molecule has 0 aromatic heterocycles. The highest BCUT2D eigenvalue weighted by atomic mass is 16.5. The zero-order valence-corrected chi connectivity index (χ0v) is 14.2. The molecule has 0 saturated heterocycles. The predicted molar refractivity (Wildman–Crippen MR) is 89.4 cm³/mol. The summed E-state index contributed by atoms with van der Waals surface area (Å²) in [5.41, 5.74) is 3.05. The van der Waals surface area contributed by atoms with E-state index in [2.05, 4.69) is 6.92 Å². The Bertz CT molecular complexity index is 674. The van der Waals surface area contributed by atoms with E-state index in [0.29, 0.717) is 10.8 Å². The zero-order chi connectivity index (χ0) is 15.9. The quantitative estimate of drug-likeness (QED) is 0.762. The monoisotopic (exact) mass is 310 g/mol. The van der Waals surface area contributed by atoms with Crippen LogP contribution < -0.4 is 0 Å². The van der Waals surface area contributed by atoms with Crippen molar-refractivity contribution in [1.29, 1.82) is 0 Å². The van der Waals surface area contributed by atoms with E-state index in [9.17, 15) is 4.79 Å². The first-order chi connectivity index (χ1) is 10.9. The molecule has 0 N–H and O–H groups in total. The Labute approximate surface area is 138 Å². The molecule has 3 bridgehead atoms. The van der Waals surface area contributed by atoms with E-state index in [1.165, 1.54) is 44.1 Å². The molecule has 1 spiro atoms. The summed E-state index contributed by atoms with van der Waals surface area (Å²) < 4.78 is 6.40. The van der Waals surface area contributed by atoms with Crippen LogP contribution in [0.3, 0.4) is 0 Å². The van der Waals surface area contributed by atoms with Crippen LogP contribution in [-0.2, 0) is 4.74 Å². The van der Waals surface area contributed by atoms with Crippen LogP contribution in [0.4, 0.5) is 0 Å². The molecule has 2 heteroatoms. The molecule has 23 heavy (non-hydrogen) atoms. The molecular formula is C21H26O2. The highest BCUT2D eigenvalue weighted by Crippen LogP contribution is 2.80. The summed E-state index contributed by atoms with van der Waals surface area (Å²) >= 11 is 0. The minimum atomic E-state index is 0.00325. The first kappa shape index (κ1) is 14.2. The highest BCUT2D eigenvalue weighted by molar-refractivity contribution is 5.97. The number of benzene rings is 1. The van der Waals surface area contributed by atoms with Crippen molar-refractivity contribution in [3.8, 4) is 0 Å². The molecule has 5 atom stereocenters. The maximum Gasteiger partial charge on any atom is 0.188 e. The van der Waals surface area contributed by atoms with E-state index in [4.69, 9.17) is 4.74 Å². The topological polar surface area (TPSA) is 26.3 Å². The number of carbonyl (C=O) groups is 1. The number of fused-ring (bicyclic) bond motifs is 2. The van der Waals surface area contributed by atoms with Gasteiger partial charge in [0.05, 0.1) is 5.60 Å². The van der Waals surface area contributed by atoms with E-state index in [0.717, 1.165) is 17.4 Å². The van der Waals surface area contributed by atoms with Gasteiger partial charge in [-0.3, -0.25) is 4.79 Å². The van der Waals surface area contributed by atoms with Crippen LogP contribution in [-0.4, -0.2) is 18.0 Å². The van der Waals surface area contributed by atoms with Crippen molar-refractivity contribution in [3.63, 3.8) is 0 Å². The Hall–Kier alpha value is -1.15. The zero-order valence-electron chi connectivity index (χ0n) is 14.2. The molecule has 122 valence electrons. The van der Waals surface area contributed by atoms with Crippen LogP contribution in [0.2, 0.25) is 0 Å². The third-order valence-electron chi connectivity index (χ3n) is 7.59. The highest BCUT2D eigenvalue weighted by Gasteiger charge is 2.74. The first-order valence-corrected chi connectivity index (χ1v) is 9.16. The number of ketones is 1. The molecule has 4 aliphatic carbocycles. The van der Waals surface area contributed by atoms with Crippen molar-refractivity contribution in [2.45, 2.75) is 58.0 Å². The molecule has 0 heterocycles. The second-order valence-electron chi connectivity index (χ2n) is 9.37. The lowest BCUT2D eigenvalue weighted by Crippen LogP contribution is -2.44. The van der Waals surface area contributed by atoms with E-state index in [1.807, 2.05) is 31.2 Å².